The number of nitrogens with zero attached hydrogens (tertiary/aromatic N) is 1. The van der Waals surface area contributed by atoms with Crippen molar-refractivity contribution in [3.8, 4) is 0 Å². The number of aliphatic hydroxyl groups is 1. The molecule has 9 heteroatoms. The second kappa shape index (κ2) is 21.9. The quantitative estimate of drug-likeness (QED) is 0.0740. The number of rotatable bonds is 24. The first-order chi connectivity index (χ1) is 17.5. The first kappa shape index (κ1) is 36.0. The van der Waals surface area contributed by atoms with Crippen molar-refractivity contribution in [2.75, 3.05) is 40.9 Å². The monoisotopic (exact) mass is 546 g/mol. The number of phosphoric ester groups is 1. The van der Waals surface area contributed by atoms with E-state index in [2.05, 4.69) is 31.3 Å². The van der Waals surface area contributed by atoms with E-state index in [-0.39, 0.29) is 19.1 Å². The van der Waals surface area contributed by atoms with Crippen molar-refractivity contribution >= 4 is 13.7 Å². The number of allylic oxidation sites excluding steroid dienone is 3. The van der Waals surface area contributed by atoms with Crippen LogP contribution < -0.4 is 10.2 Å². The van der Waals surface area contributed by atoms with Crippen LogP contribution in [0, 0.1) is 0 Å². The highest BCUT2D eigenvalue weighted by molar-refractivity contribution is 7.45. The van der Waals surface area contributed by atoms with Crippen LogP contribution >= 0.6 is 7.82 Å². The molecule has 0 rings (SSSR count). The van der Waals surface area contributed by atoms with E-state index in [9.17, 15) is 19.4 Å². The van der Waals surface area contributed by atoms with Crippen molar-refractivity contribution in [1.29, 1.82) is 0 Å². The smallest absolute Gasteiger partial charge is 0.268 e. The summed E-state index contributed by atoms with van der Waals surface area (Å²) in [6, 6.07) is -0.880. The van der Waals surface area contributed by atoms with Crippen LogP contribution in [-0.2, 0) is 18.4 Å². The van der Waals surface area contributed by atoms with Crippen molar-refractivity contribution in [3.63, 3.8) is 0 Å². The van der Waals surface area contributed by atoms with Gasteiger partial charge in [-0.3, -0.25) is 9.36 Å². The van der Waals surface area contributed by atoms with E-state index in [1.165, 1.54) is 12.8 Å². The minimum atomic E-state index is -4.55. The maximum Gasteiger partial charge on any atom is 0.268 e. The van der Waals surface area contributed by atoms with Gasteiger partial charge < -0.3 is 28.8 Å². The largest absolute Gasteiger partial charge is 0.756 e. The lowest BCUT2D eigenvalue weighted by Gasteiger charge is -2.29. The lowest BCUT2D eigenvalue weighted by atomic mass is 10.1. The van der Waals surface area contributed by atoms with E-state index in [0.717, 1.165) is 64.2 Å². The van der Waals surface area contributed by atoms with Gasteiger partial charge in [0.15, 0.2) is 0 Å². The minimum absolute atomic E-state index is 0.00405. The van der Waals surface area contributed by atoms with Gasteiger partial charge in [0.05, 0.1) is 39.9 Å². The van der Waals surface area contributed by atoms with Gasteiger partial charge >= 0.3 is 0 Å². The van der Waals surface area contributed by atoms with Gasteiger partial charge in [-0.05, 0) is 32.1 Å². The van der Waals surface area contributed by atoms with Crippen LogP contribution in [0.4, 0.5) is 0 Å². The minimum Gasteiger partial charge on any atom is -0.756 e. The third-order valence-electron chi connectivity index (χ3n) is 5.91. The number of aliphatic hydroxyl groups excluding tert-OH is 1. The fourth-order valence-corrected chi connectivity index (χ4v) is 4.19. The molecule has 0 bridgehead atoms. The standard InChI is InChI=1S/C28H55N2O6P/c1-6-8-10-12-13-14-15-16-17-18-20-22-28(32)29-26(27(31)21-19-11-9-7-2)25-36-37(33,34)35-24-23-30(3,4)5/h12-13,19,21,26-27,31H,6-11,14-18,20,22-25H2,1-5H3,(H-,29,32,33,34)/b13-12-,21-19+. The molecule has 3 unspecified atom stereocenters. The van der Waals surface area contributed by atoms with Crippen LogP contribution in [0.15, 0.2) is 24.3 Å². The summed E-state index contributed by atoms with van der Waals surface area (Å²) in [6.45, 7) is 4.38. The molecular formula is C28H55N2O6P. The van der Waals surface area contributed by atoms with E-state index in [1.54, 1.807) is 6.08 Å². The van der Waals surface area contributed by atoms with Crippen LogP contribution in [-0.4, -0.2) is 68.5 Å². The molecule has 0 aliphatic rings. The summed E-state index contributed by atoms with van der Waals surface area (Å²) in [4.78, 5) is 24.7. The number of hydrogen-bond donors (Lipinski definition) is 2. The Morgan fingerprint density at radius 2 is 1.49 bits per heavy atom. The Kier molecular flexibility index (Phi) is 21.3. The molecule has 218 valence electrons. The highest BCUT2D eigenvalue weighted by Crippen LogP contribution is 2.38. The summed E-state index contributed by atoms with van der Waals surface area (Å²) in [6.07, 6.45) is 19.9. The molecule has 2 N–H and O–H groups in total. The predicted molar refractivity (Wildman–Crippen MR) is 150 cm³/mol. The van der Waals surface area contributed by atoms with Gasteiger partial charge in [0.1, 0.15) is 13.2 Å². The van der Waals surface area contributed by atoms with Crippen LogP contribution in [0.2, 0.25) is 0 Å². The average molecular weight is 547 g/mol. The van der Waals surface area contributed by atoms with Gasteiger partial charge in [0.2, 0.25) is 5.91 Å². The zero-order chi connectivity index (χ0) is 28.0. The first-order valence-electron chi connectivity index (χ1n) is 14.2. The molecule has 0 spiro atoms. The second-order valence-electron chi connectivity index (χ2n) is 10.7. The van der Waals surface area contributed by atoms with Crippen LogP contribution in [0.1, 0.15) is 97.3 Å². The van der Waals surface area contributed by atoms with Gasteiger partial charge in [-0.1, -0.05) is 83.1 Å². The Morgan fingerprint density at radius 1 is 0.919 bits per heavy atom. The molecule has 3 atom stereocenters. The van der Waals surface area contributed by atoms with Gasteiger partial charge in [0.25, 0.3) is 7.82 Å². The van der Waals surface area contributed by atoms with Crippen molar-refractivity contribution < 1.29 is 32.9 Å². The lowest BCUT2D eigenvalue weighted by molar-refractivity contribution is -0.870. The normalized spacial score (nSPS) is 15.8. The number of likely N-dealkylation sites (N-methyl/N-ethyl adjacent to an activating group) is 1. The zero-order valence-electron chi connectivity index (χ0n) is 24.2. The number of quaternary nitrogens is 1. The maximum atomic E-state index is 12.5. The first-order valence-corrected chi connectivity index (χ1v) is 15.7. The highest BCUT2D eigenvalue weighted by Gasteiger charge is 2.23. The van der Waals surface area contributed by atoms with Crippen molar-refractivity contribution in [2.45, 2.75) is 109 Å². The van der Waals surface area contributed by atoms with Crippen molar-refractivity contribution in [3.05, 3.63) is 24.3 Å². The number of hydrogen-bond acceptors (Lipinski definition) is 6. The number of unbranched alkanes of at least 4 members (excludes halogenated alkanes) is 9. The zero-order valence-corrected chi connectivity index (χ0v) is 25.1. The van der Waals surface area contributed by atoms with E-state index < -0.39 is 20.0 Å². The summed E-state index contributed by atoms with van der Waals surface area (Å²) in [5, 5.41) is 13.3. The average Bonchev–Trinajstić information content (AvgIpc) is 2.81. The Bertz CT molecular complexity index is 678. The molecule has 0 saturated heterocycles. The SMILES string of the molecule is CCCC/C=C\CCCCCCCC(=O)NC(COP(=O)([O-])OCC[N+](C)(C)C)C(O)/C=C/CCCC. The molecule has 0 aromatic carbocycles. The van der Waals surface area contributed by atoms with E-state index in [1.807, 2.05) is 27.2 Å². The van der Waals surface area contributed by atoms with Crippen LogP contribution in [0.25, 0.3) is 0 Å². The van der Waals surface area contributed by atoms with Gasteiger partial charge in [-0.2, -0.15) is 0 Å². The summed E-state index contributed by atoms with van der Waals surface area (Å²) in [7, 11) is 1.24. The fourth-order valence-electron chi connectivity index (χ4n) is 3.47. The molecule has 0 aromatic heterocycles. The summed E-state index contributed by atoms with van der Waals surface area (Å²) in [5.74, 6) is -0.222. The van der Waals surface area contributed by atoms with Gasteiger partial charge in [0, 0.05) is 6.42 Å². The third-order valence-corrected chi connectivity index (χ3v) is 6.87. The molecule has 0 aliphatic heterocycles. The molecule has 0 fully saturated rings. The van der Waals surface area contributed by atoms with E-state index in [0.29, 0.717) is 17.4 Å². The van der Waals surface area contributed by atoms with Gasteiger partial charge in [-0.25, -0.2) is 0 Å². The number of phosphoric acid groups is 1. The maximum absolute atomic E-state index is 12.5. The summed E-state index contributed by atoms with van der Waals surface area (Å²) >= 11 is 0. The fraction of sp³-hybridized carbons (Fsp3) is 0.821. The van der Waals surface area contributed by atoms with Crippen LogP contribution in [0.5, 0.6) is 0 Å². The van der Waals surface area contributed by atoms with Gasteiger partial charge in [-0.15, -0.1) is 0 Å². The van der Waals surface area contributed by atoms with E-state index in [4.69, 9.17) is 9.05 Å². The van der Waals surface area contributed by atoms with E-state index >= 15 is 0 Å². The Morgan fingerprint density at radius 3 is 2.11 bits per heavy atom. The number of carbonyl (C=O) groups excluding carboxylic acids is 1. The molecule has 0 aromatic rings. The molecule has 1 amide bonds. The molecule has 37 heavy (non-hydrogen) atoms. The number of amides is 1. The molecule has 0 radical (unpaired) electrons. The third kappa shape index (κ3) is 23.8. The second-order valence-corrected chi connectivity index (χ2v) is 12.2. The molecule has 0 saturated carbocycles. The highest BCUT2D eigenvalue weighted by atomic mass is 31.2. The summed E-state index contributed by atoms with van der Waals surface area (Å²) in [5.41, 5.74) is 0. The summed E-state index contributed by atoms with van der Waals surface area (Å²) < 4.78 is 22.7. The Balaban J connectivity index is 4.54. The van der Waals surface area contributed by atoms with Crippen molar-refractivity contribution in [2.24, 2.45) is 0 Å². The Hall–Kier alpha value is -1.02. The molecule has 0 heterocycles. The molecule has 0 aliphatic carbocycles. The molecular weight excluding hydrogens is 491 g/mol. The topological polar surface area (TPSA) is 108 Å². The van der Waals surface area contributed by atoms with Crippen LogP contribution in [0.3, 0.4) is 0 Å². The Labute approximate surface area is 226 Å². The number of nitrogens with one attached hydrogen (secondary N) is 1. The van der Waals surface area contributed by atoms with Crippen molar-refractivity contribution in [1.82, 2.24) is 5.32 Å². The number of carbonyl (C=O) groups is 1. The predicted octanol–water partition coefficient (Wildman–Crippen LogP) is 5.26. The molecule has 8 nitrogen and oxygen atoms in total. The lowest BCUT2D eigenvalue weighted by Crippen LogP contribution is -2.45.